The van der Waals surface area contributed by atoms with Crippen molar-refractivity contribution in [3.05, 3.63) is 71.3 Å². The SMILES string of the molecule is C[N+]1(C)C/C(=C/c2ccncc2)C(=O)/C(=C/c2ccncc2)C1. The van der Waals surface area contributed by atoms with Crippen LogP contribution in [0.15, 0.2) is 60.2 Å². The zero-order valence-electron chi connectivity index (χ0n) is 13.4. The lowest BCUT2D eigenvalue weighted by molar-refractivity contribution is -0.881. The Morgan fingerprint density at radius 2 is 1.22 bits per heavy atom. The minimum atomic E-state index is 0.135. The molecule has 0 unspecified atom stereocenters. The van der Waals surface area contributed by atoms with Gasteiger partial charge in [0.1, 0.15) is 13.1 Å². The van der Waals surface area contributed by atoms with Crippen molar-refractivity contribution in [1.29, 1.82) is 0 Å². The molecule has 2 aromatic heterocycles. The second-order valence-electron chi connectivity index (χ2n) is 6.48. The van der Waals surface area contributed by atoms with Crippen LogP contribution in [0, 0.1) is 0 Å². The molecule has 1 aliphatic rings. The van der Waals surface area contributed by atoms with E-state index in [4.69, 9.17) is 0 Å². The van der Waals surface area contributed by atoms with E-state index in [-0.39, 0.29) is 5.78 Å². The van der Waals surface area contributed by atoms with Crippen LogP contribution in [0.25, 0.3) is 12.2 Å². The third-order valence-corrected chi connectivity index (χ3v) is 3.87. The lowest BCUT2D eigenvalue weighted by Gasteiger charge is -2.35. The highest BCUT2D eigenvalue weighted by Gasteiger charge is 2.33. The second kappa shape index (κ2) is 6.26. The Balaban J connectivity index is 1.98. The van der Waals surface area contributed by atoms with Gasteiger partial charge in [-0.05, 0) is 47.5 Å². The molecule has 0 amide bonds. The summed E-state index contributed by atoms with van der Waals surface area (Å²) in [5, 5.41) is 0. The van der Waals surface area contributed by atoms with Crippen molar-refractivity contribution in [3.63, 3.8) is 0 Å². The maximum absolute atomic E-state index is 12.8. The maximum Gasteiger partial charge on any atom is 0.196 e. The summed E-state index contributed by atoms with van der Waals surface area (Å²) in [5.74, 6) is 0.135. The van der Waals surface area contributed by atoms with Gasteiger partial charge in [0, 0.05) is 24.8 Å². The first-order valence-electron chi connectivity index (χ1n) is 7.61. The number of ketones is 1. The van der Waals surface area contributed by atoms with E-state index >= 15 is 0 Å². The number of likely N-dealkylation sites (N-methyl/N-ethyl adjacent to an activating group) is 1. The smallest absolute Gasteiger partial charge is 0.196 e. The van der Waals surface area contributed by atoms with Gasteiger partial charge < -0.3 is 4.48 Å². The molecule has 0 N–H and O–H groups in total. The molecule has 0 saturated carbocycles. The van der Waals surface area contributed by atoms with Crippen molar-refractivity contribution < 1.29 is 9.28 Å². The Morgan fingerprint density at radius 3 is 1.61 bits per heavy atom. The fourth-order valence-electron chi connectivity index (χ4n) is 2.87. The van der Waals surface area contributed by atoms with Crippen molar-refractivity contribution in [2.24, 2.45) is 0 Å². The highest BCUT2D eigenvalue weighted by atomic mass is 16.1. The Morgan fingerprint density at radius 1 is 0.826 bits per heavy atom. The molecule has 1 fully saturated rings. The van der Waals surface area contributed by atoms with E-state index in [2.05, 4.69) is 24.1 Å². The van der Waals surface area contributed by atoms with Gasteiger partial charge in [-0.15, -0.1) is 0 Å². The van der Waals surface area contributed by atoms with Crippen LogP contribution in [-0.2, 0) is 4.79 Å². The van der Waals surface area contributed by atoms with Gasteiger partial charge in [0.15, 0.2) is 5.78 Å². The molecule has 23 heavy (non-hydrogen) atoms. The van der Waals surface area contributed by atoms with E-state index in [0.29, 0.717) is 0 Å². The molecule has 4 nitrogen and oxygen atoms in total. The molecule has 1 aliphatic heterocycles. The van der Waals surface area contributed by atoms with E-state index < -0.39 is 0 Å². The maximum atomic E-state index is 12.8. The third-order valence-electron chi connectivity index (χ3n) is 3.87. The fourth-order valence-corrected chi connectivity index (χ4v) is 2.87. The minimum Gasteiger partial charge on any atom is -0.321 e. The van der Waals surface area contributed by atoms with Crippen LogP contribution >= 0.6 is 0 Å². The molecule has 0 bridgehead atoms. The lowest BCUT2D eigenvalue weighted by atomic mass is 9.93. The Bertz CT molecular complexity index is 698. The topological polar surface area (TPSA) is 42.9 Å². The number of nitrogens with zero attached hydrogens (tertiary/aromatic N) is 3. The summed E-state index contributed by atoms with van der Waals surface area (Å²) in [6.45, 7) is 1.46. The first kappa shape index (κ1) is 15.3. The van der Waals surface area contributed by atoms with Gasteiger partial charge in [0.25, 0.3) is 0 Å². The number of Topliss-reactive ketones (excluding diaryl/α,β-unsaturated/α-hetero) is 1. The number of piperidine rings is 1. The van der Waals surface area contributed by atoms with Gasteiger partial charge in [-0.1, -0.05) is 0 Å². The minimum absolute atomic E-state index is 0.135. The predicted octanol–water partition coefficient (Wildman–Crippen LogP) is 2.60. The molecular formula is C19H20N3O+. The molecule has 1 saturated heterocycles. The largest absolute Gasteiger partial charge is 0.321 e. The van der Waals surface area contributed by atoms with Gasteiger partial charge >= 0.3 is 0 Å². The van der Waals surface area contributed by atoms with E-state index in [1.807, 2.05) is 36.4 Å². The Labute approximate surface area is 136 Å². The standard InChI is InChI=1S/C19H20N3O/c1-22(2)13-17(11-15-3-7-20-8-4-15)19(23)18(14-22)12-16-5-9-21-10-6-16/h3-12H,13-14H2,1-2H3/q+1/b17-11-,18-12+. The number of rotatable bonds is 2. The number of quaternary nitrogens is 1. The van der Waals surface area contributed by atoms with E-state index in [1.54, 1.807) is 24.8 Å². The molecule has 0 aliphatic carbocycles. The number of aromatic nitrogens is 2. The Kier molecular flexibility index (Phi) is 4.17. The summed E-state index contributed by atoms with van der Waals surface area (Å²) < 4.78 is 0.763. The molecule has 3 heterocycles. The van der Waals surface area contributed by atoms with E-state index in [1.165, 1.54) is 0 Å². The molecule has 0 radical (unpaired) electrons. The van der Waals surface area contributed by atoms with Crippen LogP contribution in [0.4, 0.5) is 0 Å². The second-order valence-corrected chi connectivity index (χ2v) is 6.48. The summed E-state index contributed by atoms with van der Waals surface area (Å²) in [4.78, 5) is 20.9. The third kappa shape index (κ3) is 3.79. The van der Waals surface area contributed by atoms with Crippen molar-refractivity contribution in [2.45, 2.75) is 0 Å². The summed E-state index contributed by atoms with van der Waals surface area (Å²) in [5.41, 5.74) is 3.70. The average molecular weight is 306 g/mol. The van der Waals surface area contributed by atoms with Gasteiger partial charge in [0.05, 0.1) is 25.2 Å². The van der Waals surface area contributed by atoms with Gasteiger partial charge in [-0.2, -0.15) is 0 Å². The predicted molar refractivity (Wildman–Crippen MR) is 91.3 cm³/mol. The van der Waals surface area contributed by atoms with Crippen LogP contribution in [0.5, 0.6) is 0 Å². The number of hydrogen-bond acceptors (Lipinski definition) is 3. The number of likely N-dealkylation sites (tertiary alicyclic amines) is 1. The number of pyridine rings is 2. The van der Waals surface area contributed by atoms with Gasteiger partial charge in [-0.25, -0.2) is 0 Å². The van der Waals surface area contributed by atoms with Crippen LogP contribution in [0.2, 0.25) is 0 Å². The van der Waals surface area contributed by atoms with Crippen molar-refractivity contribution in [2.75, 3.05) is 27.2 Å². The zero-order valence-corrected chi connectivity index (χ0v) is 13.4. The molecule has 0 atom stereocenters. The number of hydrogen-bond donors (Lipinski definition) is 0. The van der Waals surface area contributed by atoms with E-state index in [9.17, 15) is 4.79 Å². The molecule has 0 aromatic carbocycles. The fraction of sp³-hybridized carbons (Fsp3) is 0.211. The van der Waals surface area contributed by atoms with E-state index in [0.717, 1.165) is 39.8 Å². The Hall–Kier alpha value is -2.59. The van der Waals surface area contributed by atoms with Crippen molar-refractivity contribution in [1.82, 2.24) is 9.97 Å². The molecule has 4 heteroatoms. The first-order chi connectivity index (χ1) is 11.0. The highest BCUT2D eigenvalue weighted by molar-refractivity contribution is 6.14. The monoisotopic (exact) mass is 306 g/mol. The van der Waals surface area contributed by atoms with Crippen molar-refractivity contribution >= 4 is 17.9 Å². The molecule has 0 spiro atoms. The molecule has 2 aromatic rings. The van der Waals surface area contributed by atoms with Gasteiger partial charge in [-0.3, -0.25) is 14.8 Å². The summed E-state index contributed by atoms with van der Waals surface area (Å²) in [6.07, 6.45) is 10.9. The summed E-state index contributed by atoms with van der Waals surface area (Å²) in [6, 6.07) is 7.67. The van der Waals surface area contributed by atoms with Crippen LogP contribution in [0.1, 0.15) is 11.1 Å². The van der Waals surface area contributed by atoms with Crippen LogP contribution in [0.3, 0.4) is 0 Å². The molecule has 116 valence electrons. The highest BCUT2D eigenvalue weighted by Crippen LogP contribution is 2.24. The average Bonchev–Trinajstić information content (AvgIpc) is 2.53. The normalized spacial score (nSPS) is 20.9. The van der Waals surface area contributed by atoms with Crippen LogP contribution < -0.4 is 0 Å². The lowest BCUT2D eigenvalue weighted by Crippen LogP contribution is -2.48. The van der Waals surface area contributed by atoms with Crippen molar-refractivity contribution in [3.8, 4) is 0 Å². The van der Waals surface area contributed by atoms with Crippen LogP contribution in [-0.4, -0.2) is 47.4 Å². The summed E-state index contributed by atoms with van der Waals surface area (Å²) in [7, 11) is 4.29. The molecule has 3 rings (SSSR count). The molecular weight excluding hydrogens is 286 g/mol. The number of carbonyl (C=O) groups is 1. The first-order valence-corrected chi connectivity index (χ1v) is 7.61. The van der Waals surface area contributed by atoms with Gasteiger partial charge in [0.2, 0.25) is 0 Å². The number of carbonyl (C=O) groups excluding carboxylic acids is 1. The summed E-state index contributed by atoms with van der Waals surface area (Å²) >= 11 is 0. The quantitative estimate of drug-likeness (QED) is 0.633. The zero-order chi connectivity index (χ0) is 16.3.